The maximum absolute atomic E-state index is 10.6. The minimum atomic E-state index is -0.694. The Balaban J connectivity index is 1.12. The topological polar surface area (TPSA) is 3.24 Å². The smallest absolute Gasteiger partial charge is 0.0595 e. The average Bonchev–Trinajstić information content (AvgIpc) is 3.79. The fourth-order valence-corrected chi connectivity index (χ4v) is 11.2. The van der Waals surface area contributed by atoms with Gasteiger partial charge >= 0.3 is 0 Å². The Bertz CT molecular complexity index is 3230. The third-order valence-electron chi connectivity index (χ3n) is 14.0. The zero-order valence-corrected chi connectivity index (χ0v) is 34.6. The summed E-state index contributed by atoms with van der Waals surface area (Å²) in [6.45, 7) is 5.81. The van der Waals surface area contributed by atoms with Crippen molar-refractivity contribution in [3.05, 3.63) is 253 Å². The second-order valence-electron chi connectivity index (χ2n) is 17.4. The molecular weight excluding hydrogens is 735 g/mol. The minimum absolute atomic E-state index is 0.00661. The van der Waals surface area contributed by atoms with Gasteiger partial charge < -0.3 is 4.90 Å². The number of allylic oxidation sites excluding steroid dienone is 6. The SMILES string of the molecule is [2H]C=C([2H])C1c2ccccc2C(c2ccccc2)(C2C=CC=CC2)C1/C([2H])=C/N(c1ccc(-c2cc3ccccc3c3ccccc23)cc1)c1ccc2c(c1)C(C)(C)c1ccccc1-2. The first-order chi connectivity index (χ1) is 31.3. The van der Waals surface area contributed by atoms with E-state index in [2.05, 4.69) is 213 Å². The number of fused-ring (bicyclic) bond motifs is 7. The van der Waals surface area contributed by atoms with Crippen LogP contribution in [0.5, 0.6) is 0 Å². The highest BCUT2D eigenvalue weighted by Crippen LogP contribution is 2.60. The molecule has 0 amide bonds. The van der Waals surface area contributed by atoms with E-state index in [0.29, 0.717) is 6.05 Å². The van der Waals surface area contributed by atoms with Gasteiger partial charge in [-0.2, -0.15) is 0 Å². The van der Waals surface area contributed by atoms with Gasteiger partial charge in [-0.3, -0.25) is 0 Å². The monoisotopic (exact) mass is 786 g/mol. The fraction of sp³-hybridized carbons (Fsp3) is 0.133. The molecule has 294 valence electrons. The largest absolute Gasteiger partial charge is 0.317 e. The Hall–Kier alpha value is -6.96. The molecule has 0 N–H and O–H groups in total. The Morgan fingerprint density at radius 3 is 2.11 bits per heavy atom. The molecule has 8 aromatic rings. The van der Waals surface area contributed by atoms with Crippen molar-refractivity contribution < 1.29 is 4.11 Å². The highest BCUT2D eigenvalue weighted by molar-refractivity contribution is 6.13. The summed E-state index contributed by atoms with van der Waals surface area (Å²) in [7, 11) is 0. The van der Waals surface area contributed by atoms with Crippen LogP contribution in [-0.2, 0) is 10.8 Å². The standard InChI is InChI=1S/C60H49N/c1-4-47-51-27-16-18-30-56(51)60(43-20-7-5-8-21-43,44-22-9-6-10-23-44)57(47)37-38-61(46-35-36-53-52-28-15-17-29-55(52)59(2,3)58(53)40-46)45-33-31-41(32-34-45)54-39-42-19-11-12-24-48(42)49-25-13-14-26-50(49)54/h4-22,24-40,44,47,57H,1,23H2,2-3H3/b38-37+/i1D,4D,37D/b4-1?,38-37+. The number of rotatable bonds is 8. The molecule has 1 heteroatoms. The van der Waals surface area contributed by atoms with Gasteiger partial charge in [0.15, 0.2) is 0 Å². The van der Waals surface area contributed by atoms with Crippen LogP contribution in [-0.4, -0.2) is 0 Å². The summed E-state index contributed by atoms with van der Waals surface area (Å²) in [5.41, 5.74) is 11.6. The molecule has 0 saturated heterocycles. The molecule has 0 heterocycles. The molecule has 0 aromatic heterocycles. The lowest BCUT2D eigenvalue weighted by Gasteiger charge is -2.43. The van der Waals surface area contributed by atoms with Crippen LogP contribution in [0.15, 0.2) is 225 Å². The highest BCUT2D eigenvalue weighted by Gasteiger charge is 2.54. The Labute approximate surface area is 364 Å². The number of hydrogen-bond donors (Lipinski definition) is 0. The number of nitrogens with zero attached hydrogens (tertiary/aromatic N) is 1. The van der Waals surface area contributed by atoms with Crippen LogP contribution in [0.2, 0.25) is 0 Å². The zero-order valence-electron chi connectivity index (χ0n) is 37.6. The Morgan fingerprint density at radius 2 is 1.31 bits per heavy atom. The second kappa shape index (κ2) is 14.6. The van der Waals surface area contributed by atoms with Gasteiger partial charge in [-0.25, -0.2) is 0 Å². The maximum Gasteiger partial charge on any atom is 0.0595 e. The summed E-state index contributed by atoms with van der Waals surface area (Å²) in [4.78, 5) is 2.20. The third-order valence-corrected chi connectivity index (χ3v) is 14.0. The fourth-order valence-electron chi connectivity index (χ4n) is 11.2. The number of hydrogen-bond acceptors (Lipinski definition) is 1. The summed E-state index contributed by atoms with van der Waals surface area (Å²) < 4.78 is 28.6. The highest BCUT2D eigenvalue weighted by atomic mass is 15.1. The van der Waals surface area contributed by atoms with Crippen molar-refractivity contribution in [3.8, 4) is 22.3 Å². The molecule has 61 heavy (non-hydrogen) atoms. The summed E-state index contributed by atoms with van der Waals surface area (Å²) in [6.07, 6.45) is 11.6. The zero-order chi connectivity index (χ0) is 43.6. The summed E-state index contributed by atoms with van der Waals surface area (Å²) >= 11 is 0. The Kier molecular flexibility index (Phi) is 8.12. The van der Waals surface area contributed by atoms with Crippen LogP contribution in [0.25, 0.3) is 43.8 Å². The molecule has 8 aromatic carbocycles. The molecule has 3 aliphatic rings. The first-order valence-electron chi connectivity index (χ1n) is 23.1. The summed E-state index contributed by atoms with van der Waals surface area (Å²) in [5, 5.41) is 4.90. The van der Waals surface area contributed by atoms with E-state index in [-0.39, 0.29) is 17.4 Å². The molecule has 11 rings (SSSR count). The van der Waals surface area contributed by atoms with Crippen molar-refractivity contribution in [2.75, 3.05) is 4.90 Å². The van der Waals surface area contributed by atoms with E-state index in [9.17, 15) is 2.74 Å². The van der Waals surface area contributed by atoms with Gasteiger partial charge in [0.25, 0.3) is 0 Å². The van der Waals surface area contributed by atoms with Crippen LogP contribution in [0.1, 0.15) is 58.1 Å². The third kappa shape index (κ3) is 5.75. The lowest BCUT2D eigenvalue weighted by Crippen LogP contribution is -2.40. The number of benzene rings is 8. The summed E-state index contributed by atoms with van der Waals surface area (Å²) in [6, 6.07) is 63.6. The normalized spacial score (nSPS) is 22.0. The second-order valence-corrected chi connectivity index (χ2v) is 17.4. The van der Waals surface area contributed by atoms with Crippen molar-refractivity contribution in [3.63, 3.8) is 0 Å². The molecule has 4 unspecified atom stereocenters. The predicted octanol–water partition coefficient (Wildman–Crippen LogP) is 15.6. The lowest BCUT2D eigenvalue weighted by atomic mass is 9.59. The lowest BCUT2D eigenvalue weighted by molar-refractivity contribution is 0.302. The van der Waals surface area contributed by atoms with Crippen LogP contribution in [0.3, 0.4) is 0 Å². The molecule has 0 bridgehead atoms. The van der Waals surface area contributed by atoms with Crippen molar-refractivity contribution in [1.82, 2.24) is 0 Å². The molecule has 3 aliphatic carbocycles. The average molecular weight is 787 g/mol. The number of anilines is 2. The van der Waals surface area contributed by atoms with Gasteiger partial charge in [0.2, 0.25) is 0 Å². The van der Waals surface area contributed by atoms with Crippen LogP contribution in [0.4, 0.5) is 11.4 Å². The van der Waals surface area contributed by atoms with E-state index in [4.69, 9.17) is 1.37 Å². The van der Waals surface area contributed by atoms with E-state index in [1.54, 1.807) is 0 Å². The van der Waals surface area contributed by atoms with Crippen molar-refractivity contribution in [1.29, 1.82) is 0 Å². The van der Waals surface area contributed by atoms with Gasteiger partial charge in [-0.05, 0) is 114 Å². The van der Waals surface area contributed by atoms with Crippen LogP contribution < -0.4 is 4.90 Å². The van der Waals surface area contributed by atoms with Crippen molar-refractivity contribution in [2.45, 2.75) is 37.0 Å². The van der Waals surface area contributed by atoms with Crippen LogP contribution in [0, 0.1) is 11.8 Å². The molecule has 0 saturated carbocycles. The molecule has 0 fully saturated rings. The molecule has 0 aliphatic heterocycles. The van der Waals surface area contributed by atoms with Gasteiger partial charge in [-0.15, -0.1) is 6.55 Å². The molecule has 4 atom stereocenters. The Morgan fingerprint density at radius 1 is 0.623 bits per heavy atom. The molecule has 1 nitrogen and oxygen atoms in total. The van der Waals surface area contributed by atoms with Crippen LogP contribution >= 0.6 is 0 Å². The van der Waals surface area contributed by atoms with E-state index >= 15 is 0 Å². The summed E-state index contributed by atoms with van der Waals surface area (Å²) in [5.74, 6) is -0.994. The quantitative estimate of drug-likeness (QED) is 0.110. The van der Waals surface area contributed by atoms with Gasteiger partial charge in [0, 0.05) is 40.2 Å². The van der Waals surface area contributed by atoms with Crippen molar-refractivity contribution >= 4 is 32.9 Å². The van der Waals surface area contributed by atoms with Gasteiger partial charge in [0.05, 0.1) is 4.11 Å². The minimum Gasteiger partial charge on any atom is -0.317 e. The van der Waals surface area contributed by atoms with Gasteiger partial charge in [-0.1, -0.05) is 196 Å². The first-order valence-corrected chi connectivity index (χ1v) is 21.6. The predicted molar refractivity (Wildman–Crippen MR) is 259 cm³/mol. The van der Waals surface area contributed by atoms with E-state index in [1.165, 1.54) is 55.9 Å². The first kappa shape index (κ1) is 33.8. The van der Waals surface area contributed by atoms with E-state index in [0.717, 1.165) is 40.0 Å². The van der Waals surface area contributed by atoms with Crippen molar-refractivity contribution in [2.24, 2.45) is 11.8 Å². The molecule has 0 spiro atoms. The van der Waals surface area contributed by atoms with Gasteiger partial charge in [0.1, 0.15) is 0 Å². The maximum atomic E-state index is 10.6. The van der Waals surface area contributed by atoms with E-state index in [1.807, 2.05) is 12.3 Å². The molecule has 0 radical (unpaired) electrons. The van der Waals surface area contributed by atoms with E-state index < -0.39 is 17.3 Å². The molecular formula is C60H49N.